The summed E-state index contributed by atoms with van der Waals surface area (Å²) in [5.74, 6) is 0.448. The van der Waals surface area contributed by atoms with Crippen LogP contribution >= 0.6 is 0 Å². The average Bonchev–Trinajstić information content (AvgIpc) is 2.53. The molecule has 0 radical (unpaired) electrons. The van der Waals surface area contributed by atoms with Crippen LogP contribution in [0, 0.1) is 0 Å². The van der Waals surface area contributed by atoms with Gasteiger partial charge in [0.1, 0.15) is 5.75 Å². The molecule has 1 aromatic carbocycles. The number of unbranched alkanes of at least 4 members (excludes halogenated alkanes) is 9. The molecule has 124 valence electrons. The largest absolute Gasteiger partial charge is 0.508 e. The van der Waals surface area contributed by atoms with Crippen molar-refractivity contribution in [3.63, 3.8) is 0 Å². The van der Waals surface area contributed by atoms with Crippen molar-refractivity contribution < 1.29 is 5.11 Å². The number of hydrogen-bond donors (Lipinski definition) is 1. The summed E-state index contributed by atoms with van der Waals surface area (Å²) >= 11 is 0. The topological polar surface area (TPSA) is 20.2 Å². The van der Waals surface area contributed by atoms with Gasteiger partial charge in [0.25, 0.3) is 0 Å². The number of aryl methyl sites for hydroxylation is 1. The molecule has 0 aliphatic rings. The van der Waals surface area contributed by atoms with Gasteiger partial charge in [0, 0.05) is 0 Å². The van der Waals surface area contributed by atoms with Gasteiger partial charge in [-0.2, -0.15) is 0 Å². The number of rotatable bonds is 13. The summed E-state index contributed by atoms with van der Waals surface area (Å²) in [6.07, 6.45) is 20.1. The minimum absolute atomic E-state index is 0.448. The van der Waals surface area contributed by atoms with Crippen molar-refractivity contribution in [3.8, 4) is 5.75 Å². The Kier molecular flexibility index (Phi) is 11.5. The van der Waals surface area contributed by atoms with E-state index in [1.54, 1.807) is 6.07 Å². The maximum Gasteiger partial charge on any atom is 0.118 e. The number of para-hydroxylation sites is 1. The molecule has 0 fully saturated rings. The second-order valence-corrected chi connectivity index (χ2v) is 6.26. The lowest BCUT2D eigenvalue weighted by atomic mass is 10.0. The maximum atomic E-state index is 9.69. The number of hydrogen-bond acceptors (Lipinski definition) is 1. The summed E-state index contributed by atoms with van der Waals surface area (Å²) in [4.78, 5) is 0. The first-order valence-electron chi connectivity index (χ1n) is 9.26. The Morgan fingerprint density at radius 3 is 2.00 bits per heavy atom. The number of phenolic OH excluding ortho intramolecular Hbond substituents is 1. The molecule has 0 unspecified atom stereocenters. The fraction of sp³-hybridized carbons (Fsp3) is 0.619. The third kappa shape index (κ3) is 9.65. The summed E-state index contributed by atoms with van der Waals surface area (Å²) in [7, 11) is 0. The molecule has 1 heteroatoms. The van der Waals surface area contributed by atoms with Gasteiger partial charge in [-0.1, -0.05) is 75.8 Å². The molecule has 0 heterocycles. The molecule has 1 nitrogen and oxygen atoms in total. The molecule has 0 aliphatic carbocycles. The van der Waals surface area contributed by atoms with Crippen LogP contribution in [0.15, 0.2) is 36.4 Å². The Bertz CT molecular complexity index is 395. The van der Waals surface area contributed by atoms with Crippen molar-refractivity contribution >= 4 is 0 Å². The monoisotopic (exact) mass is 302 g/mol. The Morgan fingerprint density at radius 1 is 0.773 bits per heavy atom. The van der Waals surface area contributed by atoms with Crippen LogP contribution in [0.1, 0.15) is 83.1 Å². The van der Waals surface area contributed by atoms with Crippen LogP contribution < -0.4 is 0 Å². The summed E-state index contributed by atoms with van der Waals surface area (Å²) in [6, 6.07) is 7.69. The quantitative estimate of drug-likeness (QED) is 0.314. The Morgan fingerprint density at radius 2 is 1.36 bits per heavy atom. The van der Waals surface area contributed by atoms with Gasteiger partial charge in [0.2, 0.25) is 0 Å². The molecule has 0 aliphatic heterocycles. The third-order valence-electron chi connectivity index (χ3n) is 4.20. The van der Waals surface area contributed by atoms with Gasteiger partial charge in [0.05, 0.1) is 0 Å². The zero-order valence-corrected chi connectivity index (χ0v) is 14.4. The number of benzene rings is 1. The number of phenols is 1. The summed E-state index contributed by atoms with van der Waals surface area (Å²) < 4.78 is 0. The zero-order valence-electron chi connectivity index (χ0n) is 14.4. The van der Waals surface area contributed by atoms with E-state index in [2.05, 4.69) is 19.1 Å². The molecule has 0 amide bonds. The minimum atomic E-state index is 0.448. The molecular weight excluding hydrogens is 268 g/mol. The lowest BCUT2D eigenvalue weighted by molar-refractivity contribution is 0.466. The molecule has 0 bridgehead atoms. The molecule has 1 aromatic rings. The van der Waals surface area contributed by atoms with E-state index in [1.165, 1.54) is 70.6 Å². The van der Waals surface area contributed by atoms with Crippen LogP contribution in [-0.2, 0) is 6.42 Å². The van der Waals surface area contributed by atoms with Crippen molar-refractivity contribution in [2.75, 3.05) is 0 Å². The standard InChI is InChI=1S/C21H34O/c1-2-3-4-5-6-7-8-9-10-11-12-13-14-17-20-18-15-16-19-21(20)22/h8-9,15-16,18-19,22H,2-7,10-14,17H2,1H3/b9-8-. The van der Waals surface area contributed by atoms with Crippen molar-refractivity contribution in [1.29, 1.82) is 0 Å². The van der Waals surface area contributed by atoms with Gasteiger partial charge in [0.15, 0.2) is 0 Å². The van der Waals surface area contributed by atoms with Gasteiger partial charge >= 0.3 is 0 Å². The van der Waals surface area contributed by atoms with E-state index in [0.29, 0.717) is 5.75 Å². The first kappa shape index (κ1) is 18.8. The van der Waals surface area contributed by atoms with Crippen molar-refractivity contribution in [1.82, 2.24) is 0 Å². The summed E-state index contributed by atoms with van der Waals surface area (Å²) in [5.41, 5.74) is 1.09. The van der Waals surface area contributed by atoms with E-state index in [-0.39, 0.29) is 0 Å². The van der Waals surface area contributed by atoms with Gasteiger partial charge in [-0.15, -0.1) is 0 Å². The van der Waals surface area contributed by atoms with Crippen LogP contribution in [0.25, 0.3) is 0 Å². The maximum absolute atomic E-state index is 9.69. The van der Waals surface area contributed by atoms with Crippen molar-refractivity contribution in [2.45, 2.75) is 84.0 Å². The van der Waals surface area contributed by atoms with E-state index in [0.717, 1.165) is 12.0 Å². The van der Waals surface area contributed by atoms with E-state index in [1.807, 2.05) is 18.2 Å². The SMILES string of the molecule is CCCCCCC/C=C\CCCCCCc1ccccc1O. The second-order valence-electron chi connectivity index (χ2n) is 6.26. The minimum Gasteiger partial charge on any atom is -0.508 e. The van der Waals surface area contributed by atoms with Crippen LogP contribution in [0.3, 0.4) is 0 Å². The third-order valence-corrected chi connectivity index (χ3v) is 4.20. The fourth-order valence-corrected chi connectivity index (χ4v) is 2.75. The van der Waals surface area contributed by atoms with E-state index in [9.17, 15) is 5.11 Å². The number of aromatic hydroxyl groups is 1. The normalized spacial score (nSPS) is 11.3. The molecule has 0 saturated heterocycles. The Hall–Kier alpha value is -1.24. The van der Waals surface area contributed by atoms with E-state index >= 15 is 0 Å². The van der Waals surface area contributed by atoms with E-state index in [4.69, 9.17) is 0 Å². The Balaban J connectivity index is 1.88. The average molecular weight is 303 g/mol. The molecule has 1 N–H and O–H groups in total. The zero-order chi connectivity index (χ0) is 15.9. The highest BCUT2D eigenvalue weighted by Gasteiger charge is 1.98. The van der Waals surface area contributed by atoms with Gasteiger partial charge < -0.3 is 5.11 Å². The summed E-state index contributed by atoms with van der Waals surface area (Å²) in [6.45, 7) is 2.27. The fourth-order valence-electron chi connectivity index (χ4n) is 2.75. The predicted molar refractivity (Wildman–Crippen MR) is 97.4 cm³/mol. The highest BCUT2D eigenvalue weighted by atomic mass is 16.3. The molecular formula is C21H34O. The second kappa shape index (κ2) is 13.4. The molecule has 22 heavy (non-hydrogen) atoms. The van der Waals surface area contributed by atoms with Crippen molar-refractivity contribution in [3.05, 3.63) is 42.0 Å². The highest BCUT2D eigenvalue weighted by Crippen LogP contribution is 2.18. The van der Waals surface area contributed by atoms with Crippen LogP contribution in [0.2, 0.25) is 0 Å². The predicted octanol–water partition coefficient (Wildman–Crippen LogP) is 6.80. The molecule has 1 rings (SSSR count). The highest BCUT2D eigenvalue weighted by molar-refractivity contribution is 5.31. The van der Waals surface area contributed by atoms with Crippen LogP contribution in [-0.4, -0.2) is 5.11 Å². The first-order chi connectivity index (χ1) is 10.8. The summed E-state index contributed by atoms with van der Waals surface area (Å²) in [5, 5.41) is 9.69. The van der Waals surface area contributed by atoms with Gasteiger partial charge in [-0.3, -0.25) is 0 Å². The lowest BCUT2D eigenvalue weighted by Gasteiger charge is -2.03. The Labute approximate surface area is 137 Å². The van der Waals surface area contributed by atoms with Gasteiger partial charge in [-0.25, -0.2) is 0 Å². The first-order valence-corrected chi connectivity index (χ1v) is 9.26. The van der Waals surface area contributed by atoms with Gasteiger partial charge in [-0.05, 0) is 50.2 Å². The van der Waals surface area contributed by atoms with Crippen molar-refractivity contribution in [2.24, 2.45) is 0 Å². The number of allylic oxidation sites excluding steroid dienone is 2. The molecule has 0 spiro atoms. The molecule has 0 aromatic heterocycles. The van der Waals surface area contributed by atoms with Crippen LogP contribution in [0.5, 0.6) is 5.75 Å². The van der Waals surface area contributed by atoms with E-state index < -0.39 is 0 Å². The smallest absolute Gasteiger partial charge is 0.118 e. The molecule has 0 atom stereocenters. The lowest BCUT2D eigenvalue weighted by Crippen LogP contribution is -1.86. The molecule has 0 saturated carbocycles. The van der Waals surface area contributed by atoms with Crippen LogP contribution in [0.4, 0.5) is 0 Å².